The van der Waals surface area contributed by atoms with E-state index in [9.17, 15) is 35.5 Å². The Bertz CT molecular complexity index is 1090. The van der Waals surface area contributed by atoms with E-state index in [2.05, 4.69) is 4.98 Å². The van der Waals surface area contributed by atoms with E-state index in [-0.39, 0.29) is 18.8 Å². The summed E-state index contributed by atoms with van der Waals surface area (Å²) < 4.78 is 94.1. The molecule has 0 bridgehead atoms. The largest absolute Gasteiger partial charge is 0.493 e. The lowest BCUT2D eigenvalue weighted by Crippen LogP contribution is -2.53. The van der Waals surface area contributed by atoms with Gasteiger partial charge in [-0.25, -0.2) is 4.39 Å². The number of aromatic nitrogens is 1. The van der Waals surface area contributed by atoms with Crippen LogP contribution in [0.3, 0.4) is 0 Å². The summed E-state index contributed by atoms with van der Waals surface area (Å²) in [5.74, 6) is 0.0771. The third-order valence-corrected chi connectivity index (χ3v) is 5.02. The van der Waals surface area contributed by atoms with Gasteiger partial charge in [-0.1, -0.05) is 17.7 Å². The van der Waals surface area contributed by atoms with E-state index in [1.165, 1.54) is 6.07 Å². The van der Waals surface area contributed by atoms with Crippen molar-refractivity contribution in [1.29, 1.82) is 0 Å². The second-order valence-corrected chi connectivity index (χ2v) is 7.42. The number of aromatic amines is 1. The number of unbranched alkanes of at least 4 members (excludes halogenated alkanes) is 1. The van der Waals surface area contributed by atoms with Crippen molar-refractivity contribution in [2.45, 2.75) is 37.3 Å². The van der Waals surface area contributed by atoms with Gasteiger partial charge in [0.25, 0.3) is 5.67 Å². The molecule has 0 saturated carbocycles. The second kappa shape index (κ2) is 8.22. The molecule has 0 atom stereocenters. The number of halogens is 8. The molecule has 168 valence electrons. The highest BCUT2D eigenvalue weighted by Gasteiger charge is 2.71. The van der Waals surface area contributed by atoms with Crippen molar-refractivity contribution < 1.29 is 35.5 Å². The molecule has 1 heterocycles. The molecule has 0 amide bonds. The summed E-state index contributed by atoms with van der Waals surface area (Å²) in [5.41, 5.74) is -4.25. The highest BCUT2D eigenvalue weighted by Crippen LogP contribution is 2.49. The highest BCUT2D eigenvalue weighted by molar-refractivity contribution is 6.31. The average molecular weight is 470 g/mol. The van der Waals surface area contributed by atoms with E-state index in [1.807, 2.05) is 0 Å². The molecule has 1 aromatic rings. The molecule has 0 aromatic heterocycles. The topological polar surface area (TPSA) is 42.1 Å². The summed E-state index contributed by atoms with van der Waals surface area (Å²) in [5, 5.41) is 1.21. The maximum absolute atomic E-state index is 13.6. The Balaban J connectivity index is 1.68. The van der Waals surface area contributed by atoms with E-state index >= 15 is 0 Å². The van der Waals surface area contributed by atoms with Gasteiger partial charge in [-0.3, -0.25) is 4.79 Å². The van der Waals surface area contributed by atoms with Crippen molar-refractivity contribution in [3.8, 4) is 17.0 Å². The van der Waals surface area contributed by atoms with E-state index in [1.54, 1.807) is 24.3 Å². The minimum Gasteiger partial charge on any atom is -0.493 e. The maximum atomic E-state index is 13.6. The number of hydrogen-bond acceptors (Lipinski definition) is 2. The molecule has 1 aliphatic heterocycles. The fraction of sp³-hybridized carbons (Fsp3) is 0.350. The fourth-order valence-electron chi connectivity index (χ4n) is 3.11. The van der Waals surface area contributed by atoms with Crippen LogP contribution in [0, 0.1) is 0 Å². The number of rotatable bonds is 6. The first-order valence-electron chi connectivity index (χ1n) is 9.03. The van der Waals surface area contributed by atoms with Gasteiger partial charge in [-0.15, -0.1) is 0 Å². The lowest BCUT2D eigenvalue weighted by molar-refractivity contribution is -0.343. The van der Waals surface area contributed by atoms with Crippen molar-refractivity contribution in [2.75, 3.05) is 6.61 Å². The Morgan fingerprint density at radius 2 is 1.58 bits per heavy atom. The summed E-state index contributed by atoms with van der Waals surface area (Å²) >= 11 is 5.95. The second-order valence-electron chi connectivity index (χ2n) is 6.99. The molecule has 11 heteroatoms. The normalized spacial score (nSPS) is 13.2. The van der Waals surface area contributed by atoms with Crippen LogP contribution < -0.4 is 10.2 Å². The van der Waals surface area contributed by atoms with Crippen LogP contribution in [0.15, 0.2) is 41.2 Å². The SMILES string of the molecule is O=c1cc(OCCCCC(F)(C(F)(F)F)C(F)(F)F)cc2[nH]c3cc(Cl)ccc3cc1-2. The van der Waals surface area contributed by atoms with Gasteiger partial charge in [0.05, 0.1) is 12.3 Å². The van der Waals surface area contributed by atoms with Gasteiger partial charge in [0.1, 0.15) is 5.75 Å². The number of pyridine rings is 1. The van der Waals surface area contributed by atoms with E-state index < -0.39 is 36.3 Å². The summed E-state index contributed by atoms with van der Waals surface area (Å²) in [6.45, 7) is -0.295. The number of alkyl halides is 7. The van der Waals surface area contributed by atoms with E-state index in [0.717, 1.165) is 11.5 Å². The van der Waals surface area contributed by atoms with Crippen molar-refractivity contribution in [3.05, 3.63) is 51.6 Å². The molecule has 0 radical (unpaired) electrons. The van der Waals surface area contributed by atoms with Gasteiger partial charge in [0, 0.05) is 28.2 Å². The lowest BCUT2D eigenvalue weighted by Gasteiger charge is -2.29. The van der Waals surface area contributed by atoms with Crippen LogP contribution in [0.5, 0.6) is 5.75 Å². The van der Waals surface area contributed by atoms with Crippen LogP contribution in [0.4, 0.5) is 30.7 Å². The number of hydrogen-bond donors (Lipinski definition) is 1. The Kier molecular flexibility index (Phi) is 6.14. The van der Waals surface area contributed by atoms with E-state index in [0.29, 0.717) is 21.8 Å². The lowest BCUT2D eigenvalue weighted by atomic mass is 9.97. The summed E-state index contributed by atoms with van der Waals surface area (Å²) in [6.07, 6.45) is -14.9. The quantitative estimate of drug-likeness (QED) is 0.249. The number of nitrogens with one attached hydrogen (secondary N) is 1. The summed E-state index contributed by atoms with van der Waals surface area (Å²) in [6, 6.07) is 9.32. The molecule has 1 aromatic carbocycles. The Morgan fingerprint density at radius 3 is 2.23 bits per heavy atom. The minimum atomic E-state index is -6.07. The van der Waals surface area contributed by atoms with Gasteiger partial charge < -0.3 is 9.72 Å². The Labute approximate surface area is 176 Å². The minimum absolute atomic E-state index is 0.0771. The van der Waals surface area contributed by atoms with Crippen molar-refractivity contribution >= 4 is 22.5 Å². The Morgan fingerprint density at radius 1 is 0.903 bits per heavy atom. The third-order valence-electron chi connectivity index (χ3n) is 4.78. The molecule has 0 unspecified atom stereocenters. The summed E-state index contributed by atoms with van der Waals surface area (Å²) in [7, 11) is 0. The van der Waals surface area contributed by atoms with Crippen LogP contribution in [-0.4, -0.2) is 29.6 Å². The monoisotopic (exact) mass is 469 g/mol. The molecule has 0 saturated heterocycles. The van der Waals surface area contributed by atoms with Crippen molar-refractivity contribution in [2.24, 2.45) is 0 Å². The van der Waals surface area contributed by atoms with Crippen LogP contribution >= 0.6 is 11.6 Å². The first-order valence-corrected chi connectivity index (χ1v) is 9.41. The molecule has 0 fully saturated rings. The average Bonchev–Trinajstić information content (AvgIpc) is 2.64. The predicted octanol–water partition coefficient (Wildman–Crippen LogP) is 6.67. The van der Waals surface area contributed by atoms with Crippen molar-refractivity contribution in [3.63, 3.8) is 0 Å². The first-order chi connectivity index (χ1) is 14.3. The van der Waals surface area contributed by atoms with Gasteiger partial charge >= 0.3 is 12.4 Å². The number of fused-ring (bicyclic) bond motifs is 2. The van der Waals surface area contributed by atoms with Crippen molar-refractivity contribution in [1.82, 2.24) is 4.98 Å². The molecular weight excluding hydrogens is 455 g/mol. The zero-order chi connectivity index (χ0) is 23.0. The zero-order valence-electron chi connectivity index (χ0n) is 15.6. The molecule has 1 aliphatic carbocycles. The van der Waals surface area contributed by atoms with Crippen LogP contribution in [0.2, 0.25) is 5.02 Å². The molecular formula is C20H15ClF7NO2. The zero-order valence-corrected chi connectivity index (χ0v) is 16.4. The molecule has 3 nitrogen and oxygen atoms in total. The molecule has 0 spiro atoms. The third kappa shape index (κ3) is 4.73. The van der Waals surface area contributed by atoms with Crippen LogP contribution in [0.25, 0.3) is 22.2 Å². The van der Waals surface area contributed by atoms with E-state index in [4.69, 9.17) is 16.3 Å². The maximum Gasteiger partial charge on any atom is 0.431 e. The number of ether oxygens (including phenoxy) is 1. The number of benzene rings is 2. The van der Waals surface area contributed by atoms with Gasteiger partial charge in [0.2, 0.25) is 0 Å². The summed E-state index contributed by atoms with van der Waals surface area (Å²) in [4.78, 5) is 15.3. The molecule has 3 rings (SSSR count). The van der Waals surface area contributed by atoms with Crippen LogP contribution in [0.1, 0.15) is 19.3 Å². The smallest absolute Gasteiger partial charge is 0.431 e. The Hall–Kier alpha value is -2.49. The van der Waals surface area contributed by atoms with Gasteiger partial charge in [0.15, 0.2) is 5.43 Å². The number of H-pyrrole nitrogens is 1. The standard InChI is InChI=1S/C20H15ClF7NO2/c21-12-4-3-11-7-14-16(29-15(11)8-12)9-13(10-17(14)30)31-6-2-1-5-18(22,19(23,24)25)20(26,27)28/h3-4,7-10,29H,1-2,5-6H2. The predicted molar refractivity (Wildman–Crippen MR) is 101 cm³/mol. The fourth-order valence-corrected chi connectivity index (χ4v) is 3.28. The van der Waals surface area contributed by atoms with Gasteiger partial charge in [-0.2, -0.15) is 26.3 Å². The molecule has 2 aliphatic rings. The van der Waals surface area contributed by atoms with Gasteiger partial charge in [-0.05, 0) is 42.8 Å². The molecule has 1 N–H and O–H groups in total. The van der Waals surface area contributed by atoms with Crippen LogP contribution in [-0.2, 0) is 0 Å². The highest BCUT2D eigenvalue weighted by atomic mass is 35.5. The molecule has 31 heavy (non-hydrogen) atoms. The first kappa shape index (κ1) is 23.2.